The normalized spacial score (nSPS) is 10.3. The molecule has 3 N–H and O–H groups in total. The minimum absolute atomic E-state index is 0.0968. The third-order valence-electron chi connectivity index (χ3n) is 2.88. The molecule has 0 saturated heterocycles. The van der Waals surface area contributed by atoms with Gasteiger partial charge in [0.1, 0.15) is 0 Å². The maximum Gasteiger partial charge on any atom is 0.311 e. The highest BCUT2D eigenvalue weighted by Crippen LogP contribution is 2.18. The molecule has 2 aromatic rings. The van der Waals surface area contributed by atoms with Crippen molar-refractivity contribution >= 4 is 28.3 Å². The number of benzene rings is 1. The second-order valence-electron chi connectivity index (χ2n) is 4.44. The van der Waals surface area contributed by atoms with E-state index in [1.165, 1.54) is 11.3 Å². The molecule has 1 amide bonds. The van der Waals surface area contributed by atoms with Crippen LogP contribution in [-0.2, 0) is 22.5 Å². The zero-order chi connectivity index (χ0) is 15.9. The van der Waals surface area contributed by atoms with E-state index >= 15 is 0 Å². The lowest BCUT2D eigenvalue weighted by atomic mass is 10.1. The number of carbonyl (C=O) groups excluding carboxylic acids is 2. The summed E-state index contributed by atoms with van der Waals surface area (Å²) in [6.45, 7) is 2.37. The van der Waals surface area contributed by atoms with E-state index in [4.69, 9.17) is 10.5 Å². The second kappa shape index (κ2) is 7.67. The molecule has 0 radical (unpaired) electrons. The van der Waals surface area contributed by atoms with E-state index in [2.05, 4.69) is 10.3 Å². The predicted octanol–water partition coefficient (Wildman–Crippen LogP) is 1.96. The first-order valence-electron chi connectivity index (χ1n) is 6.83. The Balaban J connectivity index is 2.03. The number of nitrogens with two attached hydrogens (primary N) is 1. The number of esters is 1. The molecule has 1 aromatic carbocycles. The van der Waals surface area contributed by atoms with Gasteiger partial charge in [-0.2, -0.15) is 0 Å². The van der Waals surface area contributed by atoms with E-state index in [1.807, 2.05) is 12.1 Å². The SMILES string of the molecule is CCOC(=O)Cc1csc(NC(=O)c2ccccc2CN)n1. The Labute approximate surface area is 132 Å². The van der Waals surface area contributed by atoms with Gasteiger partial charge in [0.15, 0.2) is 5.13 Å². The van der Waals surface area contributed by atoms with E-state index in [0.29, 0.717) is 23.0 Å². The van der Waals surface area contributed by atoms with Crippen LogP contribution in [0.15, 0.2) is 29.6 Å². The van der Waals surface area contributed by atoms with Gasteiger partial charge in [-0.15, -0.1) is 11.3 Å². The molecular weight excluding hydrogens is 302 g/mol. The van der Waals surface area contributed by atoms with Crippen molar-refractivity contribution in [1.82, 2.24) is 4.98 Å². The summed E-state index contributed by atoms with van der Waals surface area (Å²) in [5.74, 6) is -0.600. The fourth-order valence-electron chi connectivity index (χ4n) is 1.89. The van der Waals surface area contributed by atoms with Crippen molar-refractivity contribution in [2.45, 2.75) is 19.9 Å². The topological polar surface area (TPSA) is 94.3 Å². The first-order valence-corrected chi connectivity index (χ1v) is 7.71. The molecule has 22 heavy (non-hydrogen) atoms. The van der Waals surface area contributed by atoms with Gasteiger partial charge < -0.3 is 10.5 Å². The molecule has 0 fully saturated rings. The minimum atomic E-state index is -0.334. The number of hydrogen-bond donors (Lipinski definition) is 2. The summed E-state index contributed by atoms with van der Waals surface area (Å²) >= 11 is 1.26. The van der Waals surface area contributed by atoms with Gasteiger partial charge >= 0.3 is 5.97 Å². The zero-order valence-corrected chi connectivity index (χ0v) is 13.0. The van der Waals surface area contributed by atoms with Crippen LogP contribution < -0.4 is 11.1 Å². The summed E-state index contributed by atoms with van der Waals surface area (Å²) < 4.78 is 4.86. The van der Waals surface area contributed by atoms with E-state index in [0.717, 1.165) is 5.56 Å². The Morgan fingerprint density at radius 3 is 2.86 bits per heavy atom. The summed E-state index contributed by atoms with van der Waals surface area (Å²) in [7, 11) is 0. The van der Waals surface area contributed by atoms with Gasteiger partial charge in [0.2, 0.25) is 0 Å². The van der Waals surface area contributed by atoms with E-state index in [-0.39, 0.29) is 24.8 Å². The summed E-state index contributed by atoms with van der Waals surface area (Å²) in [6.07, 6.45) is 0.0968. The molecule has 1 aromatic heterocycles. The van der Waals surface area contributed by atoms with Crippen LogP contribution in [0.25, 0.3) is 0 Å². The molecule has 0 bridgehead atoms. The predicted molar refractivity (Wildman–Crippen MR) is 84.7 cm³/mol. The van der Waals surface area contributed by atoms with Crippen LogP contribution >= 0.6 is 11.3 Å². The second-order valence-corrected chi connectivity index (χ2v) is 5.30. The molecule has 116 valence electrons. The van der Waals surface area contributed by atoms with Crippen molar-refractivity contribution in [3.8, 4) is 0 Å². The highest BCUT2D eigenvalue weighted by molar-refractivity contribution is 7.14. The van der Waals surface area contributed by atoms with Crippen molar-refractivity contribution in [3.05, 3.63) is 46.5 Å². The third kappa shape index (κ3) is 4.12. The average molecular weight is 319 g/mol. The number of ether oxygens (including phenoxy) is 1. The molecule has 0 spiro atoms. The van der Waals surface area contributed by atoms with Crippen LogP contribution in [0.5, 0.6) is 0 Å². The number of aromatic nitrogens is 1. The number of amides is 1. The number of thiazole rings is 1. The lowest BCUT2D eigenvalue weighted by Crippen LogP contribution is -2.15. The van der Waals surface area contributed by atoms with Crippen LogP contribution in [0, 0.1) is 0 Å². The molecule has 6 nitrogen and oxygen atoms in total. The molecule has 0 atom stereocenters. The molecule has 1 heterocycles. The zero-order valence-electron chi connectivity index (χ0n) is 12.2. The van der Waals surface area contributed by atoms with E-state index in [9.17, 15) is 9.59 Å². The van der Waals surface area contributed by atoms with Gasteiger partial charge in [-0.3, -0.25) is 14.9 Å². The maximum absolute atomic E-state index is 12.2. The van der Waals surface area contributed by atoms with Crippen LogP contribution in [-0.4, -0.2) is 23.5 Å². The number of rotatable bonds is 6. The molecule has 2 rings (SSSR count). The standard InChI is InChI=1S/C15H17N3O3S/c1-2-21-13(19)7-11-9-22-15(17-11)18-14(20)12-6-4-3-5-10(12)8-16/h3-6,9H,2,7-8,16H2,1H3,(H,17,18,20). The van der Waals surface area contributed by atoms with Crippen molar-refractivity contribution in [1.29, 1.82) is 0 Å². The van der Waals surface area contributed by atoms with Gasteiger partial charge in [-0.1, -0.05) is 18.2 Å². The van der Waals surface area contributed by atoms with Crippen LogP contribution in [0.4, 0.5) is 5.13 Å². The Kier molecular flexibility index (Phi) is 5.62. The highest BCUT2D eigenvalue weighted by atomic mass is 32.1. The molecule has 0 aliphatic carbocycles. The van der Waals surface area contributed by atoms with Crippen molar-refractivity contribution in [2.24, 2.45) is 5.73 Å². The summed E-state index contributed by atoms with van der Waals surface area (Å²) in [4.78, 5) is 27.8. The Hall–Kier alpha value is -2.25. The first kappa shape index (κ1) is 16.1. The van der Waals surface area contributed by atoms with Gasteiger partial charge in [0, 0.05) is 17.5 Å². The van der Waals surface area contributed by atoms with Crippen LogP contribution in [0.3, 0.4) is 0 Å². The van der Waals surface area contributed by atoms with Crippen molar-refractivity contribution in [2.75, 3.05) is 11.9 Å². The minimum Gasteiger partial charge on any atom is -0.466 e. The number of nitrogens with one attached hydrogen (secondary N) is 1. The van der Waals surface area contributed by atoms with Crippen molar-refractivity contribution in [3.63, 3.8) is 0 Å². The molecule has 7 heteroatoms. The van der Waals surface area contributed by atoms with Gasteiger partial charge in [-0.05, 0) is 18.6 Å². The Morgan fingerprint density at radius 1 is 1.36 bits per heavy atom. The lowest BCUT2D eigenvalue weighted by molar-refractivity contribution is -0.142. The molecule has 0 aliphatic heterocycles. The quantitative estimate of drug-likeness (QED) is 0.794. The molecule has 0 saturated carbocycles. The maximum atomic E-state index is 12.2. The summed E-state index contributed by atoms with van der Waals surface area (Å²) in [6, 6.07) is 7.13. The number of hydrogen-bond acceptors (Lipinski definition) is 6. The third-order valence-corrected chi connectivity index (χ3v) is 3.69. The molecule has 0 aliphatic rings. The first-order chi connectivity index (χ1) is 10.6. The monoisotopic (exact) mass is 319 g/mol. The summed E-state index contributed by atoms with van der Waals surface area (Å²) in [5.41, 5.74) is 7.49. The number of anilines is 1. The average Bonchev–Trinajstić information content (AvgIpc) is 2.94. The number of nitrogens with zero attached hydrogens (tertiary/aromatic N) is 1. The van der Waals surface area contributed by atoms with E-state index in [1.54, 1.807) is 24.4 Å². The van der Waals surface area contributed by atoms with Gasteiger partial charge in [0.25, 0.3) is 5.91 Å². The van der Waals surface area contributed by atoms with Gasteiger partial charge in [0.05, 0.1) is 18.7 Å². The van der Waals surface area contributed by atoms with Crippen LogP contribution in [0.1, 0.15) is 28.5 Å². The Morgan fingerprint density at radius 2 is 2.14 bits per heavy atom. The molecule has 0 unspecified atom stereocenters. The Bertz CT molecular complexity index is 670. The van der Waals surface area contributed by atoms with Crippen LogP contribution in [0.2, 0.25) is 0 Å². The largest absolute Gasteiger partial charge is 0.466 e. The van der Waals surface area contributed by atoms with Gasteiger partial charge in [-0.25, -0.2) is 4.98 Å². The van der Waals surface area contributed by atoms with Crippen molar-refractivity contribution < 1.29 is 14.3 Å². The number of carbonyl (C=O) groups is 2. The lowest BCUT2D eigenvalue weighted by Gasteiger charge is -2.06. The highest BCUT2D eigenvalue weighted by Gasteiger charge is 2.13. The molecular formula is C15H17N3O3S. The fraction of sp³-hybridized carbons (Fsp3) is 0.267. The smallest absolute Gasteiger partial charge is 0.311 e. The van der Waals surface area contributed by atoms with E-state index < -0.39 is 0 Å². The fourth-order valence-corrected chi connectivity index (χ4v) is 2.60. The summed E-state index contributed by atoms with van der Waals surface area (Å²) in [5, 5.41) is 4.88.